The first-order valence-corrected chi connectivity index (χ1v) is 6.82. The molecule has 0 saturated carbocycles. The highest BCUT2D eigenvalue weighted by molar-refractivity contribution is 7.84. The molecule has 0 aliphatic rings. The maximum absolute atomic E-state index is 11.2. The lowest BCUT2D eigenvalue weighted by Gasteiger charge is -2.07. The van der Waals surface area contributed by atoms with Crippen molar-refractivity contribution in [2.45, 2.75) is 6.92 Å². The van der Waals surface area contributed by atoms with Crippen LogP contribution >= 0.6 is 11.6 Å². The minimum atomic E-state index is -0.785. The van der Waals surface area contributed by atoms with Crippen molar-refractivity contribution in [1.29, 1.82) is 5.26 Å². The van der Waals surface area contributed by atoms with Crippen LogP contribution in [0, 0.1) is 11.3 Å². The highest BCUT2D eigenvalue weighted by Crippen LogP contribution is 2.19. The lowest BCUT2D eigenvalue weighted by atomic mass is 10.2. The van der Waals surface area contributed by atoms with Gasteiger partial charge in [0.05, 0.1) is 11.3 Å². The first-order chi connectivity index (χ1) is 7.67. The normalized spacial score (nSPS) is 11.8. The molecule has 0 aromatic heterocycles. The summed E-state index contributed by atoms with van der Waals surface area (Å²) < 4.78 is 11.2. The highest BCUT2D eigenvalue weighted by Gasteiger charge is 2.02. The number of nitriles is 1. The van der Waals surface area contributed by atoms with Crippen molar-refractivity contribution in [3.63, 3.8) is 0 Å². The summed E-state index contributed by atoms with van der Waals surface area (Å²) in [6, 6.07) is 7.16. The Bertz CT molecular complexity index is 428. The Kier molecular flexibility index (Phi) is 5.30. The molecule has 5 heteroatoms. The van der Waals surface area contributed by atoms with Gasteiger partial charge in [-0.3, -0.25) is 4.21 Å². The van der Waals surface area contributed by atoms with Crippen LogP contribution in [0.1, 0.15) is 12.5 Å². The maximum Gasteiger partial charge on any atom is 0.101 e. The minimum Gasteiger partial charge on any atom is -0.383 e. The Balaban J connectivity index is 2.61. The van der Waals surface area contributed by atoms with Gasteiger partial charge in [0.2, 0.25) is 0 Å². The summed E-state index contributed by atoms with van der Waals surface area (Å²) in [6.45, 7) is 2.48. The van der Waals surface area contributed by atoms with Gasteiger partial charge in [-0.1, -0.05) is 18.5 Å². The van der Waals surface area contributed by atoms with Gasteiger partial charge < -0.3 is 5.32 Å². The molecule has 0 radical (unpaired) electrons. The van der Waals surface area contributed by atoms with Gasteiger partial charge in [0, 0.05) is 33.9 Å². The van der Waals surface area contributed by atoms with Crippen molar-refractivity contribution in [3.8, 4) is 6.07 Å². The van der Waals surface area contributed by atoms with Gasteiger partial charge in [0.15, 0.2) is 0 Å². The van der Waals surface area contributed by atoms with Gasteiger partial charge in [-0.05, 0) is 18.2 Å². The predicted molar refractivity (Wildman–Crippen MR) is 68.2 cm³/mol. The Morgan fingerprint density at radius 3 is 2.94 bits per heavy atom. The largest absolute Gasteiger partial charge is 0.383 e. The molecule has 0 aliphatic carbocycles. The zero-order chi connectivity index (χ0) is 12.0. The van der Waals surface area contributed by atoms with Crippen molar-refractivity contribution < 1.29 is 4.21 Å². The van der Waals surface area contributed by atoms with E-state index in [4.69, 9.17) is 16.9 Å². The van der Waals surface area contributed by atoms with E-state index in [-0.39, 0.29) is 0 Å². The van der Waals surface area contributed by atoms with Crippen molar-refractivity contribution in [2.24, 2.45) is 0 Å². The van der Waals surface area contributed by atoms with Gasteiger partial charge in [-0.2, -0.15) is 5.26 Å². The molecule has 0 aliphatic heterocycles. The molecule has 0 spiro atoms. The number of halogens is 1. The van der Waals surface area contributed by atoms with Crippen LogP contribution in [-0.4, -0.2) is 22.3 Å². The third-order valence-corrected chi connectivity index (χ3v) is 3.61. The SMILES string of the molecule is CCS(=O)CCNc1ccc(Cl)cc1C#N. The second kappa shape index (κ2) is 6.51. The average Bonchev–Trinajstić information content (AvgIpc) is 2.30. The summed E-state index contributed by atoms with van der Waals surface area (Å²) in [5, 5.41) is 12.5. The van der Waals surface area contributed by atoms with Gasteiger partial charge in [-0.15, -0.1) is 0 Å². The Hall–Kier alpha value is -1.05. The van der Waals surface area contributed by atoms with Crippen LogP contribution in [0.15, 0.2) is 18.2 Å². The van der Waals surface area contributed by atoms with E-state index in [1.165, 1.54) is 0 Å². The monoisotopic (exact) mass is 256 g/mol. The maximum atomic E-state index is 11.2. The Morgan fingerprint density at radius 1 is 1.56 bits per heavy atom. The van der Waals surface area contributed by atoms with Crippen LogP contribution in [0.4, 0.5) is 5.69 Å². The van der Waals surface area contributed by atoms with Gasteiger partial charge in [-0.25, -0.2) is 0 Å². The summed E-state index contributed by atoms with van der Waals surface area (Å²) in [5.41, 5.74) is 1.25. The molecule has 0 amide bonds. The molecule has 1 rings (SSSR count). The van der Waals surface area contributed by atoms with Crippen LogP contribution in [0.3, 0.4) is 0 Å². The topological polar surface area (TPSA) is 52.9 Å². The quantitative estimate of drug-likeness (QED) is 0.880. The molecule has 0 heterocycles. The Morgan fingerprint density at radius 2 is 2.31 bits per heavy atom. The van der Waals surface area contributed by atoms with Crippen LogP contribution in [0.25, 0.3) is 0 Å². The molecule has 0 bridgehead atoms. The van der Waals surface area contributed by atoms with E-state index in [1.54, 1.807) is 18.2 Å². The molecule has 86 valence electrons. The van der Waals surface area contributed by atoms with Gasteiger partial charge in [0.25, 0.3) is 0 Å². The van der Waals surface area contributed by atoms with Crippen LogP contribution in [0.5, 0.6) is 0 Å². The smallest absolute Gasteiger partial charge is 0.101 e. The van der Waals surface area contributed by atoms with E-state index in [9.17, 15) is 4.21 Å². The second-order valence-electron chi connectivity index (χ2n) is 3.16. The number of rotatable bonds is 5. The highest BCUT2D eigenvalue weighted by atomic mass is 35.5. The predicted octanol–water partition coefficient (Wildman–Crippen LogP) is 2.39. The van der Waals surface area contributed by atoms with E-state index < -0.39 is 10.8 Å². The fourth-order valence-electron chi connectivity index (χ4n) is 1.21. The zero-order valence-corrected chi connectivity index (χ0v) is 10.6. The van der Waals surface area contributed by atoms with Gasteiger partial charge >= 0.3 is 0 Å². The number of anilines is 1. The molecule has 1 atom stereocenters. The van der Waals surface area contributed by atoms with E-state index in [0.29, 0.717) is 28.6 Å². The van der Waals surface area contributed by atoms with Gasteiger partial charge in [0.1, 0.15) is 6.07 Å². The zero-order valence-electron chi connectivity index (χ0n) is 9.00. The third kappa shape index (κ3) is 3.84. The van der Waals surface area contributed by atoms with Crippen molar-refractivity contribution in [3.05, 3.63) is 28.8 Å². The van der Waals surface area contributed by atoms with Crippen LogP contribution in [0.2, 0.25) is 5.02 Å². The fraction of sp³-hybridized carbons (Fsp3) is 0.364. The summed E-state index contributed by atoms with van der Waals surface area (Å²) in [5.74, 6) is 1.25. The molecule has 0 fully saturated rings. The molecule has 16 heavy (non-hydrogen) atoms. The third-order valence-electron chi connectivity index (χ3n) is 2.07. The summed E-state index contributed by atoms with van der Waals surface area (Å²) in [6.07, 6.45) is 0. The second-order valence-corrected chi connectivity index (χ2v) is 5.46. The molecule has 0 saturated heterocycles. The van der Waals surface area contributed by atoms with Crippen molar-refractivity contribution >= 4 is 28.1 Å². The van der Waals surface area contributed by atoms with Crippen molar-refractivity contribution in [1.82, 2.24) is 0 Å². The summed E-state index contributed by atoms with van der Waals surface area (Å²) in [4.78, 5) is 0. The van der Waals surface area contributed by atoms with Crippen molar-refractivity contribution in [2.75, 3.05) is 23.4 Å². The lowest BCUT2D eigenvalue weighted by Crippen LogP contribution is -2.12. The minimum absolute atomic E-state index is 0.509. The molecular formula is C11H13ClN2OS. The molecule has 1 N–H and O–H groups in total. The standard InChI is InChI=1S/C11H13ClN2OS/c1-2-16(15)6-5-14-11-4-3-10(12)7-9(11)8-13/h3-4,7,14H,2,5-6H2,1H3. The fourth-order valence-corrected chi connectivity index (χ4v) is 2.00. The molecular weight excluding hydrogens is 244 g/mol. The number of nitrogens with one attached hydrogen (secondary N) is 1. The van der Waals surface area contributed by atoms with E-state index >= 15 is 0 Å². The van der Waals surface area contributed by atoms with E-state index in [2.05, 4.69) is 11.4 Å². The van der Waals surface area contributed by atoms with E-state index in [0.717, 1.165) is 5.69 Å². The Labute approximate surface area is 103 Å². The van der Waals surface area contributed by atoms with Crippen LogP contribution in [-0.2, 0) is 10.8 Å². The molecule has 1 aromatic rings. The first-order valence-electron chi connectivity index (χ1n) is 4.96. The summed E-state index contributed by atoms with van der Waals surface area (Å²) >= 11 is 5.78. The molecule has 3 nitrogen and oxygen atoms in total. The number of benzene rings is 1. The van der Waals surface area contributed by atoms with Crippen LogP contribution < -0.4 is 5.32 Å². The molecule has 1 unspecified atom stereocenters. The average molecular weight is 257 g/mol. The first kappa shape index (κ1) is 13.0. The number of nitrogens with zero attached hydrogens (tertiary/aromatic N) is 1. The molecule has 1 aromatic carbocycles. The lowest BCUT2D eigenvalue weighted by molar-refractivity contribution is 0.684. The number of hydrogen-bond donors (Lipinski definition) is 1. The summed E-state index contributed by atoms with van der Waals surface area (Å²) in [7, 11) is -0.785. The number of hydrogen-bond acceptors (Lipinski definition) is 3. The van der Waals surface area contributed by atoms with E-state index in [1.807, 2.05) is 6.92 Å².